The molecule has 1 N–H and O–H groups in total. The topological polar surface area (TPSA) is 41.6 Å². The summed E-state index contributed by atoms with van der Waals surface area (Å²) in [4.78, 5) is 14.3. The quantitative estimate of drug-likeness (QED) is 0.814. The normalized spacial score (nSPS) is 34.6. The summed E-state index contributed by atoms with van der Waals surface area (Å²) in [7, 11) is 0. The first-order chi connectivity index (χ1) is 9.31. The summed E-state index contributed by atoms with van der Waals surface area (Å²) in [5.74, 6) is 2.75. The lowest BCUT2D eigenvalue weighted by molar-refractivity contribution is -0.122. The second-order valence-electron chi connectivity index (χ2n) is 6.44. The Hall–Kier alpha value is -0.610. The highest BCUT2D eigenvalue weighted by Crippen LogP contribution is 2.49. The molecule has 4 heteroatoms. The predicted molar refractivity (Wildman–Crippen MR) is 73.8 cm³/mol. The number of fused-ring (bicyclic) bond motifs is 2. The summed E-state index contributed by atoms with van der Waals surface area (Å²) in [6.07, 6.45) is 6.26. The molecule has 0 radical (unpaired) electrons. The largest absolute Gasteiger partial charge is 0.379 e. The average Bonchev–Trinajstić information content (AvgIpc) is 3.02. The van der Waals surface area contributed by atoms with Crippen LogP contribution in [-0.4, -0.2) is 50.2 Å². The van der Waals surface area contributed by atoms with E-state index in [1.165, 1.54) is 25.7 Å². The monoisotopic (exact) mass is 266 g/mol. The fourth-order valence-corrected chi connectivity index (χ4v) is 4.11. The summed E-state index contributed by atoms with van der Waals surface area (Å²) in [6.45, 7) is 5.42. The molecule has 19 heavy (non-hydrogen) atoms. The smallest absolute Gasteiger partial charge is 0.220 e. The van der Waals surface area contributed by atoms with Crippen molar-refractivity contribution in [2.75, 3.05) is 39.4 Å². The number of amides is 1. The molecule has 0 aromatic heterocycles. The SMILES string of the molecule is O=C(CC1CC2CCC1C2)NCCN1CCOCC1. The van der Waals surface area contributed by atoms with Gasteiger partial charge >= 0.3 is 0 Å². The van der Waals surface area contributed by atoms with Crippen LogP contribution in [0.4, 0.5) is 0 Å². The molecule has 0 spiro atoms. The lowest BCUT2D eigenvalue weighted by Crippen LogP contribution is -2.41. The fourth-order valence-electron chi connectivity index (χ4n) is 4.11. The van der Waals surface area contributed by atoms with Gasteiger partial charge in [0.05, 0.1) is 13.2 Å². The Morgan fingerprint density at radius 1 is 1.21 bits per heavy atom. The van der Waals surface area contributed by atoms with E-state index in [9.17, 15) is 4.79 Å². The molecule has 2 bridgehead atoms. The lowest BCUT2D eigenvalue weighted by Gasteiger charge is -2.26. The van der Waals surface area contributed by atoms with Crippen molar-refractivity contribution >= 4 is 5.91 Å². The highest BCUT2D eigenvalue weighted by Gasteiger charge is 2.39. The Balaban J connectivity index is 1.31. The van der Waals surface area contributed by atoms with Crippen molar-refractivity contribution in [3.63, 3.8) is 0 Å². The highest BCUT2D eigenvalue weighted by atomic mass is 16.5. The average molecular weight is 266 g/mol. The molecular weight excluding hydrogens is 240 g/mol. The minimum atomic E-state index is 0.269. The van der Waals surface area contributed by atoms with Gasteiger partial charge in [0.2, 0.25) is 5.91 Å². The molecule has 1 aliphatic heterocycles. The Morgan fingerprint density at radius 3 is 2.74 bits per heavy atom. The van der Waals surface area contributed by atoms with E-state index in [1.54, 1.807) is 0 Å². The van der Waals surface area contributed by atoms with Gasteiger partial charge in [0.25, 0.3) is 0 Å². The second kappa shape index (κ2) is 6.23. The van der Waals surface area contributed by atoms with Crippen LogP contribution in [0.3, 0.4) is 0 Å². The van der Waals surface area contributed by atoms with Gasteiger partial charge in [0.1, 0.15) is 0 Å². The van der Waals surface area contributed by atoms with Gasteiger partial charge in [-0.25, -0.2) is 0 Å². The van der Waals surface area contributed by atoms with E-state index in [-0.39, 0.29) is 5.91 Å². The Labute approximate surface area is 115 Å². The number of rotatable bonds is 5. The third kappa shape index (κ3) is 3.48. The van der Waals surface area contributed by atoms with E-state index in [2.05, 4.69) is 10.2 Å². The van der Waals surface area contributed by atoms with Crippen molar-refractivity contribution in [2.45, 2.75) is 32.1 Å². The standard InChI is InChI=1S/C15H26N2O2/c18-15(11-14-10-12-1-2-13(14)9-12)16-3-4-17-5-7-19-8-6-17/h12-14H,1-11H2,(H,16,18). The summed E-state index contributed by atoms with van der Waals surface area (Å²) < 4.78 is 5.32. The van der Waals surface area contributed by atoms with Crippen molar-refractivity contribution in [2.24, 2.45) is 17.8 Å². The van der Waals surface area contributed by atoms with Crippen LogP contribution >= 0.6 is 0 Å². The van der Waals surface area contributed by atoms with Crippen molar-refractivity contribution in [1.29, 1.82) is 0 Å². The van der Waals surface area contributed by atoms with Gasteiger partial charge in [-0.3, -0.25) is 9.69 Å². The van der Waals surface area contributed by atoms with E-state index in [0.29, 0.717) is 5.92 Å². The molecule has 0 aromatic rings. The molecule has 4 nitrogen and oxygen atoms in total. The van der Waals surface area contributed by atoms with Crippen molar-refractivity contribution in [3.05, 3.63) is 0 Å². The number of nitrogens with zero attached hydrogens (tertiary/aromatic N) is 1. The molecule has 0 aromatic carbocycles. The molecule has 2 saturated carbocycles. The van der Waals surface area contributed by atoms with Gasteiger partial charge in [-0.05, 0) is 37.0 Å². The van der Waals surface area contributed by atoms with Gasteiger partial charge in [0, 0.05) is 32.6 Å². The molecule has 108 valence electrons. The number of carbonyl (C=O) groups is 1. The van der Waals surface area contributed by atoms with E-state index in [4.69, 9.17) is 4.74 Å². The van der Waals surface area contributed by atoms with Gasteiger partial charge < -0.3 is 10.1 Å². The Morgan fingerprint density at radius 2 is 2.05 bits per heavy atom. The maximum Gasteiger partial charge on any atom is 0.220 e. The lowest BCUT2D eigenvalue weighted by atomic mass is 9.86. The van der Waals surface area contributed by atoms with Crippen LogP contribution in [0.2, 0.25) is 0 Å². The first-order valence-electron chi connectivity index (χ1n) is 7.88. The molecule has 3 atom stereocenters. The van der Waals surface area contributed by atoms with E-state index >= 15 is 0 Å². The van der Waals surface area contributed by atoms with Crippen molar-refractivity contribution in [1.82, 2.24) is 10.2 Å². The number of morpholine rings is 1. The minimum absolute atomic E-state index is 0.269. The second-order valence-corrected chi connectivity index (χ2v) is 6.44. The van der Waals surface area contributed by atoms with Crippen LogP contribution in [0.1, 0.15) is 32.1 Å². The van der Waals surface area contributed by atoms with Crippen LogP contribution in [0, 0.1) is 17.8 Å². The van der Waals surface area contributed by atoms with Crippen LogP contribution in [-0.2, 0) is 9.53 Å². The number of hydrogen-bond donors (Lipinski definition) is 1. The molecule has 3 rings (SSSR count). The summed E-state index contributed by atoms with van der Waals surface area (Å²) in [5.41, 5.74) is 0. The Bertz CT molecular complexity index is 315. The maximum absolute atomic E-state index is 12.0. The molecular formula is C15H26N2O2. The van der Waals surface area contributed by atoms with E-state index < -0.39 is 0 Å². The number of hydrogen-bond acceptors (Lipinski definition) is 3. The van der Waals surface area contributed by atoms with Crippen molar-refractivity contribution < 1.29 is 9.53 Å². The molecule has 3 fully saturated rings. The van der Waals surface area contributed by atoms with Gasteiger partial charge in [-0.15, -0.1) is 0 Å². The molecule has 1 amide bonds. The third-order valence-electron chi connectivity index (χ3n) is 5.19. The minimum Gasteiger partial charge on any atom is -0.379 e. The van der Waals surface area contributed by atoms with Gasteiger partial charge in [0.15, 0.2) is 0 Å². The third-order valence-corrected chi connectivity index (χ3v) is 5.19. The van der Waals surface area contributed by atoms with Crippen molar-refractivity contribution in [3.8, 4) is 0 Å². The molecule has 2 aliphatic carbocycles. The van der Waals surface area contributed by atoms with Crippen LogP contribution < -0.4 is 5.32 Å². The van der Waals surface area contributed by atoms with E-state index in [1.807, 2.05) is 0 Å². The summed E-state index contributed by atoms with van der Waals surface area (Å²) in [6, 6.07) is 0. The maximum atomic E-state index is 12.0. The molecule has 3 unspecified atom stereocenters. The zero-order valence-corrected chi connectivity index (χ0v) is 11.8. The van der Waals surface area contributed by atoms with Gasteiger partial charge in [-0.2, -0.15) is 0 Å². The van der Waals surface area contributed by atoms with E-state index in [0.717, 1.165) is 57.6 Å². The summed E-state index contributed by atoms with van der Waals surface area (Å²) >= 11 is 0. The van der Waals surface area contributed by atoms with Crippen LogP contribution in [0.15, 0.2) is 0 Å². The van der Waals surface area contributed by atoms with Gasteiger partial charge in [-0.1, -0.05) is 6.42 Å². The fraction of sp³-hybridized carbons (Fsp3) is 0.933. The zero-order valence-electron chi connectivity index (χ0n) is 11.8. The number of nitrogens with one attached hydrogen (secondary N) is 1. The number of carbonyl (C=O) groups excluding carboxylic acids is 1. The first-order valence-corrected chi connectivity index (χ1v) is 7.88. The first kappa shape index (κ1) is 13.4. The Kier molecular flexibility index (Phi) is 4.38. The number of ether oxygens (including phenoxy) is 1. The molecule has 1 heterocycles. The highest BCUT2D eigenvalue weighted by molar-refractivity contribution is 5.76. The predicted octanol–water partition coefficient (Wildman–Crippen LogP) is 1.26. The summed E-state index contributed by atoms with van der Waals surface area (Å²) in [5, 5.41) is 3.09. The van der Waals surface area contributed by atoms with Crippen LogP contribution in [0.5, 0.6) is 0 Å². The zero-order chi connectivity index (χ0) is 13.1. The molecule has 3 aliphatic rings. The molecule has 1 saturated heterocycles. The van der Waals surface area contributed by atoms with Crippen LogP contribution in [0.25, 0.3) is 0 Å².